The average molecular weight is 199 g/mol. The van der Waals surface area contributed by atoms with E-state index in [2.05, 4.69) is 5.32 Å². The van der Waals surface area contributed by atoms with Crippen molar-refractivity contribution in [2.45, 2.75) is 45.0 Å². The summed E-state index contributed by atoms with van der Waals surface area (Å²) in [6.45, 7) is 6.75. The van der Waals surface area contributed by atoms with E-state index in [4.69, 9.17) is 9.47 Å². The minimum Gasteiger partial charge on any atom is -0.348 e. The Labute approximate surface area is 86.2 Å². The van der Waals surface area contributed by atoms with Crippen LogP contribution in [0.1, 0.15) is 33.1 Å². The first-order valence-corrected chi connectivity index (χ1v) is 5.68. The molecule has 1 N–H and O–H groups in total. The fourth-order valence-corrected chi connectivity index (χ4v) is 2.01. The lowest BCUT2D eigenvalue weighted by molar-refractivity contribution is -0.137. The molecule has 0 aromatic carbocycles. The fourth-order valence-electron chi connectivity index (χ4n) is 2.01. The maximum Gasteiger partial charge on any atom is 0.163 e. The maximum atomic E-state index is 5.70. The lowest BCUT2D eigenvalue weighted by Gasteiger charge is -2.26. The molecule has 1 atom stereocenters. The Kier molecular flexibility index (Phi) is 3.10. The summed E-state index contributed by atoms with van der Waals surface area (Å²) < 4.78 is 11.2. The molecule has 0 spiro atoms. The fraction of sp³-hybridized carbons (Fsp3) is 1.00. The second-order valence-electron chi connectivity index (χ2n) is 4.91. The van der Waals surface area contributed by atoms with Gasteiger partial charge >= 0.3 is 0 Å². The van der Waals surface area contributed by atoms with Gasteiger partial charge < -0.3 is 14.8 Å². The van der Waals surface area contributed by atoms with E-state index < -0.39 is 0 Å². The van der Waals surface area contributed by atoms with Crippen molar-refractivity contribution < 1.29 is 9.47 Å². The van der Waals surface area contributed by atoms with Crippen molar-refractivity contribution in [2.75, 3.05) is 19.7 Å². The van der Waals surface area contributed by atoms with Crippen LogP contribution >= 0.6 is 0 Å². The Morgan fingerprint density at radius 1 is 1.29 bits per heavy atom. The summed E-state index contributed by atoms with van der Waals surface area (Å²) >= 11 is 0. The van der Waals surface area contributed by atoms with Crippen LogP contribution in [0.3, 0.4) is 0 Å². The van der Waals surface area contributed by atoms with E-state index in [0.717, 1.165) is 25.6 Å². The van der Waals surface area contributed by atoms with Gasteiger partial charge in [0.05, 0.1) is 12.7 Å². The summed E-state index contributed by atoms with van der Waals surface area (Å²) in [7, 11) is 0. The molecular formula is C11H21NO2. The average Bonchev–Trinajstić information content (AvgIpc) is 2.36. The van der Waals surface area contributed by atoms with E-state index in [-0.39, 0.29) is 11.9 Å². The van der Waals surface area contributed by atoms with Crippen molar-refractivity contribution in [1.82, 2.24) is 5.32 Å². The maximum absolute atomic E-state index is 5.70. The van der Waals surface area contributed by atoms with Crippen LogP contribution in [0.25, 0.3) is 0 Å². The zero-order valence-corrected chi connectivity index (χ0v) is 9.21. The van der Waals surface area contributed by atoms with Gasteiger partial charge in [0.2, 0.25) is 0 Å². The molecule has 1 aliphatic carbocycles. The van der Waals surface area contributed by atoms with E-state index in [1.54, 1.807) is 0 Å². The van der Waals surface area contributed by atoms with Crippen LogP contribution in [-0.4, -0.2) is 31.6 Å². The molecule has 0 bridgehead atoms. The number of hydrogen-bond donors (Lipinski definition) is 1. The molecule has 14 heavy (non-hydrogen) atoms. The van der Waals surface area contributed by atoms with Crippen molar-refractivity contribution in [3.05, 3.63) is 0 Å². The summed E-state index contributed by atoms with van der Waals surface area (Å²) in [5.74, 6) is 0.549. The minimum absolute atomic E-state index is 0.241. The van der Waals surface area contributed by atoms with Gasteiger partial charge in [-0.1, -0.05) is 6.42 Å². The van der Waals surface area contributed by atoms with E-state index in [1.807, 2.05) is 13.8 Å². The van der Waals surface area contributed by atoms with Crippen LogP contribution in [0, 0.1) is 5.92 Å². The molecule has 2 aliphatic rings. The zero-order valence-electron chi connectivity index (χ0n) is 9.21. The third kappa shape index (κ3) is 2.69. The molecule has 3 nitrogen and oxygen atoms in total. The van der Waals surface area contributed by atoms with Gasteiger partial charge in [-0.25, -0.2) is 0 Å². The van der Waals surface area contributed by atoms with Gasteiger partial charge in [-0.15, -0.1) is 0 Å². The molecule has 1 saturated carbocycles. The van der Waals surface area contributed by atoms with E-state index >= 15 is 0 Å². The molecule has 0 aromatic rings. The van der Waals surface area contributed by atoms with Crippen LogP contribution in [0.2, 0.25) is 0 Å². The van der Waals surface area contributed by atoms with Gasteiger partial charge in [-0.3, -0.25) is 0 Å². The Hall–Kier alpha value is -0.120. The summed E-state index contributed by atoms with van der Waals surface area (Å²) in [6.07, 6.45) is 4.47. The Bertz CT molecular complexity index is 190. The normalized spacial score (nSPS) is 31.7. The molecule has 1 aliphatic heterocycles. The van der Waals surface area contributed by atoms with Crippen LogP contribution in [0.5, 0.6) is 0 Å². The van der Waals surface area contributed by atoms with E-state index in [0.29, 0.717) is 0 Å². The summed E-state index contributed by atoms with van der Waals surface area (Å²) in [4.78, 5) is 0. The molecule has 1 unspecified atom stereocenters. The van der Waals surface area contributed by atoms with Crippen LogP contribution in [-0.2, 0) is 9.47 Å². The molecule has 1 heterocycles. The van der Waals surface area contributed by atoms with Crippen molar-refractivity contribution in [1.29, 1.82) is 0 Å². The summed E-state index contributed by atoms with van der Waals surface area (Å²) in [5, 5.41) is 3.46. The zero-order chi connectivity index (χ0) is 10.0. The molecular weight excluding hydrogens is 178 g/mol. The van der Waals surface area contributed by atoms with Gasteiger partial charge in [0.25, 0.3) is 0 Å². The minimum atomic E-state index is -0.372. The van der Waals surface area contributed by atoms with Crippen molar-refractivity contribution in [3.8, 4) is 0 Å². The predicted octanol–water partition coefficient (Wildman–Crippen LogP) is 1.53. The van der Waals surface area contributed by atoms with Crippen LogP contribution < -0.4 is 5.32 Å². The Morgan fingerprint density at radius 2 is 2.07 bits per heavy atom. The standard InChI is InChI=1S/C11H21NO2/c1-11(2)13-8-10(14-11)7-12-6-9-4-3-5-9/h9-10,12H,3-8H2,1-2H3. The first kappa shape index (κ1) is 10.4. The second kappa shape index (κ2) is 4.17. The largest absolute Gasteiger partial charge is 0.348 e. The van der Waals surface area contributed by atoms with Gasteiger partial charge in [0.1, 0.15) is 0 Å². The quantitative estimate of drug-likeness (QED) is 0.744. The first-order valence-electron chi connectivity index (χ1n) is 5.68. The third-order valence-electron chi connectivity index (χ3n) is 3.10. The van der Waals surface area contributed by atoms with Crippen molar-refractivity contribution in [3.63, 3.8) is 0 Å². The van der Waals surface area contributed by atoms with Crippen LogP contribution in [0.4, 0.5) is 0 Å². The molecule has 3 heteroatoms. The molecule has 82 valence electrons. The Morgan fingerprint density at radius 3 is 2.57 bits per heavy atom. The van der Waals surface area contributed by atoms with Gasteiger partial charge in [0.15, 0.2) is 5.79 Å². The highest BCUT2D eigenvalue weighted by Gasteiger charge is 2.32. The predicted molar refractivity (Wildman–Crippen MR) is 55.1 cm³/mol. The lowest BCUT2D eigenvalue weighted by atomic mass is 9.85. The monoisotopic (exact) mass is 199 g/mol. The highest BCUT2D eigenvalue weighted by Crippen LogP contribution is 2.25. The van der Waals surface area contributed by atoms with Crippen molar-refractivity contribution >= 4 is 0 Å². The van der Waals surface area contributed by atoms with Crippen LogP contribution in [0.15, 0.2) is 0 Å². The van der Waals surface area contributed by atoms with Crippen molar-refractivity contribution in [2.24, 2.45) is 5.92 Å². The SMILES string of the molecule is CC1(C)OCC(CNCC2CCC2)O1. The van der Waals surface area contributed by atoms with E-state index in [9.17, 15) is 0 Å². The first-order chi connectivity index (χ1) is 6.66. The van der Waals surface area contributed by atoms with Gasteiger partial charge in [-0.05, 0) is 39.2 Å². The van der Waals surface area contributed by atoms with E-state index in [1.165, 1.54) is 19.3 Å². The molecule has 1 saturated heterocycles. The molecule has 2 rings (SSSR count). The number of hydrogen-bond acceptors (Lipinski definition) is 3. The highest BCUT2D eigenvalue weighted by molar-refractivity contribution is 4.76. The molecule has 0 aromatic heterocycles. The number of nitrogens with one attached hydrogen (secondary N) is 1. The second-order valence-corrected chi connectivity index (χ2v) is 4.91. The Balaban J connectivity index is 1.57. The highest BCUT2D eigenvalue weighted by atomic mass is 16.7. The lowest BCUT2D eigenvalue weighted by Crippen LogP contribution is -2.35. The van der Waals surface area contributed by atoms with Gasteiger partial charge in [0, 0.05) is 6.54 Å². The molecule has 2 fully saturated rings. The van der Waals surface area contributed by atoms with Gasteiger partial charge in [-0.2, -0.15) is 0 Å². The third-order valence-corrected chi connectivity index (χ3v) is 3.10. The number of rotatable bonds is 4. The summed E-state index contributed by atoms with van der Waals surface area (Å²) in [6, 6.07) is 0. The smallest absolute Gasteiger partial charge is 0.163 e. The topological polar surface area (TPSA) is 30.5 Å². The summed E-state index contributed by atoms with van der Waals surface area (Å²) in [5.41, 5.74) is 0. The molecule has 0 radical (unpaired) electrons. The molecule has 0 amide bonds. The number of ether oxygens (including phenoxy) is 2.